The summed E-state index contributed by atoms with van der Waals surface area (Å²) in [4.78, 5) is 4.81. The predicted octanol–water partition coefficient (Wildman–Crippen LogP) is 1.77. The van der Waals surface area contributed by atoms with Crippen LogP contribution in [0.4, 0.5) is 0 Å². The summed E-state index contributed by atoms with van der Waals surface area (Å²) in [6, 6.07) is 2.25. The van der Waals surface area contributed by atoms with Gasteiger partial charge < -0.3 is 15.5 Å². The highest BCUT2D eigenvalue weighted by atomic mass is 15.2. The number of hydrogen-bond acceptors (Lipinski definition) is 5. The average Bonchev–Trinajstić information content (AvgIpc) is 2.66. The lowest BCUT2D eigenvalue weighted by Crippen LogP contribution is -2.44. The Morgan fingerprint density at radius 2 is 1.48 bits per heavy atom. The fraction of sp³-hybridized carbons (Fsp3) is 0.950. The predicted molar refractivity (Wildman–Crippen MR) is 105 cm³/mol. The molecule has 1 atom stereocenters. The third-order valence-electron chi connectivity index (χ3n) is 5.93. The molecule has 3 heterocycles. The first-order chi connectivity index (χ1) is 12.2. The van der Waals surface area contributed by atoms with Gasteiger partial charge in [0.15, 0.2) is 0 Å². The highest BCUT2D eigenvalue weighted by Crippen LogP contribution is 2.27. The summed E-state index contributed by atoms with van der Waals surface area (Å²) < 4.78 is 0. The molecule has 0 bridgehead atoms. The van der Waals surface area contributed by atoms with E-state index >= 15 is 0 Å². The number of nitriles is 1. The average molecular weight is 350 g/mol. The number of likely N-dealkylation sites (tertiary alicyclic amines) is 1. The molecular weight excluding hydrogens is 310 g/mol. The third kappa shape index (κ3) is 8.50. The maximum atomic E-state index is 8.57. The maximum Gasteiger partial charge on any atom is 0.0666 e. The van der Waals surface area contributed by atoms with Gasteiger partial charge in [0.05, 0.1) is 12.0 Å². The fourth-order valence-corrected chi connectivity index (χ4v) is 4.21. The van der Waals surface area contributed by atoms with Gasteiger partial charge in [0, 0.05) is 32.7 Å². The van der Waals surface area contributed by atoms with E-state index in [1.54, 1.807) is 0 Å². The van der Waals surface area contributed by atoms with Crippen LogP contribution in [0.15, 0.2) is 0 Å². The molecule has 0 unspecified atom stereocenters. The molecule has 3 aliphatic heterocycles. The fourth-order valence-electron chi connectivity index (χ4n) is 4.21. The zero-order valence-corrected chi connectivity index (χ0v) is 16.5. The molecule has 25 heavy (non-hydrogen) atoms. The van der Waals surface area contributed by atoms with Gasteiger partial charge in [-0.2, -0.15) is 5.26 Å². The van der Waals surface area contributed by atoms with Crippen molar-refractivity contribution in [2.75, 3.05) is 66.0 Å². The number of hydrogen-bond donors (Lipinski definition) is 2. The minimum absolute atomic E-state index is 0.174. The van der Waals surface area contributed by atoms with Crippen molar-refractivity contribution in [2.24, 2.45) is 17.8 Å². The van der Waals surface area contributed by atoms with Gasteiger partial charge in [-0.15, -0.1) is 0 Å². The zero-order chi connectivity index (χ0) is 17.9. The van der Waals surface area contributed by atoms with E-state index in [2.05, 4.69) is 33.6 Å². The van der Waals surface area contributed by atoms with Crippen LogP contribution in [0.5, 0.6) is 0 Å². The molecule has 5 heteroatoms. The van der Waals surface area contributed by atoms with Crippen molar-refractivity contribution in [3.63, 3.8) is 0 Å². The van der Waals surface area contributed by atoms with Crippen LogP contribution in [-0.4, -0.2) is 75.8 Å². The molecule has 0 aromatic rings. The van der Waals surface area contributed by atoms with Crippen molar-refractivity contribution in [3.05, 3.63) is 0 Å². The third-order valence-corrected chi connectivity index (χ3v) is 5.93. The first-order valence-corrected chi connectivity index (χ1v) is 10.4. The van der Waals surface area contributed by atoms with Gasteiger partial charge in [-0.1, -0.05) is 0 Å². The zero-order valence-electron chi connectivity index (χ0n) is 16.5. The van der Waals surface area contributed by atoms with Crippen LogP contribution in [0.25, 0.3) is 0 Å². The smallest absolute Gasteiger partial charge is 0.0666 e. The van der Waals surface area contributed by atoms with Crippen molar-refractivity contribution in [1.82, 2.24) is 20.4 Å². The Morgan fingerprint density at radius 3 is 2.08 bits per heavy atom. The van der Waals surface area contributed by atoms with E-state index in [1.807, 2.05) is 6.92 Å². The van der Waals surface area contributed by atoms with E-state index in [-0.39, 0.29) is 5.92 Å². The first-order valence-electron chi connectivity index (χ1n) is 10.4. The molecule has 0 amide bonds. The van der Waals surface area contributed by atoms with Gasteiger partial charge in [0.1, 0.15) is 0 Å². The molecule has 3 saturated heterocycles. The number of piperazine rings is 1. The summed E-state index contributed by atoms with van der Waals surface area (Å²) in [5.74, 6) is 2.24. The van der Waals surface area contributed by atoms with Gasteiger partial charge in [-0.25, -0.2) is 0 Å². The van der Waals surface area contributed by atoms with Crippen LogP contribution in [0, 0.1) is 29.1 Å². The molecule has 0 aromatic heterocycles. The molecule has 0 aliphatic carbocycles. The molecule has 0 aromatic carbocycles. The Balaban J connectivity index is 0.000000186. The number of nitrogens with zero attached hydrogens (tertiary/aromatic N) is 3. The Bertz CT molecular complexity index is 374. The first kappa shape index (κ1) is 20.6. The van der Waals surface area contributed by atoms with Crippen LogP contribution in [0.1, 0.15) is 39.0 Å². The van der Waals surface area contributed by atoms with Gasteiger partial charge in [0.25, 0.3) is 0 Å². The van der Waals surface area contributed by atoms with Gasteiger partial charge >= 0.3 is 0 Å². The summed E-state index contributed by atoms with van der Waals surface area (Å²) in [6.45, 7) is 12.4. The van der Waals surface area contributed by atoms with Gasteiger partial charge in [0.2, 0.25) is 0 Å². The summed E-state index contributed by atoms with van der Waals surface area (Å²) in [5.41, 5.74) is 0. The maximum absolute atomic E-state index is 8.57. The molecule has 3 rings (SSSR count). The second-order valence-corrected chi connectivity index (χ2v) is 8.26. The largest absolute Gasteiger partial charge is 0.317 e. The quantitative estimate of drug-likeness (QED) is 0.810. The van der Waals surface area contributed by atoms with Crippen LogP contribution < -0.4 is 10.6 Å². The molecule has 3 aliphatic rings. The lowest BCUT2D eigenvalue weighted by molar-refractivity contribution is 0.184. The Morgan fingerprint density at radius 1 is 0.920 bits per heavy atom. The SMILES string of the molecule is CN1CCC(CC2CCNCC2)CC1.C[C@H](C#N)CN1CCNCC1. The second-order valence-electron chi connectivity index (χ2n) is 8.26. The van der Waals surface area contributed by atoms with E-state index in [9.17, 15) is 0 Å². The standard InChI is InChI=1S/C12H24N2.C8H15N3/c1-14-8-4-12(5-9-14)10-11-2-6-13-7-3-11;1-8(6-9)7-11-4-2-10-3-5-11/h11-13H,2-10H2,1H3;8,10H,2-5,7H2,1H3/t;8-/m.1/s1. The minimum Gasteiger partial charge on any atom is -0.317 e. The molecule has 2 N–H and O–H groups in total. The van der Waals surface area contributed by atoms with Crippen LogP contribution in [0.3, 0.4) is 0 Å². The Labute approximate surface area is 155 Å². The van der Waals surface area contributed by atoms with Crippen LogP contribution in [0.2, 0.25) is 0 Å². The van der Waals surface area contributed by atoms with E-state index in [4.69, 9.17) is 5.26 Å². The highest BCUT2D eigenvalue weighted by Gasteiger charge is 2.21. The van der Waals surface area contributed by atoms with Crippen molar-refractivity contribution in [1.29, 1.82) is 5.26 Å². The molecule has 144 valence electrons. The number of piperidine rings is 2. The van der Waals surface area contributed by atoms with Gasteiger partial charge in [-0.3, -0.25) is 4.90 Å². The summed E-state index contributed by atoms with van der Waals surface area (Å²) in [6.07, 6.45) is 7.25. The second kappa shape index (κ2) is 11.9. The molecule has 0 saturated carbocycles. The molecule has 3 fully saturated rings. The Kier molecular flexibility index (Phi) is 9.78. The Hall–Kier alpha value is -0.670. The van der Waals surface area contributed by atoms with Crippen LogP contribution >= 0.6 is 0 Å². The lowest BCUT2D eigenvalue weighted by atomic mass is 9.83. The monoisotopic (exact) mass is 349 g/mol. The molecule has 5 nitrogen and oxygen atoms in total. The van der Waals surface area contributed by atoms with E-state index in [0.717, 1.165) is 44.6 Å². The summed E-state index contributed by atoms with van der Waals surface area (Å²) in [7, 11) is 2.25. The summed E-state index contributed by atoms with van der Waals surface area (Å²) in [5, 5.41) is 15.3. The minimum atomic E-state index is 0.174. The van der Waals surface area contributed by atoms with Crippen molar-refractivity contribution in [3.8, 4) is 6.07 Å². The van der Waals surface area contributed by atoms with Crippen molar-refractivity contribution >= 4 is 0 Å². The van der Waals surface area contributed by atoms with Crippen molar-refractivity contribution < 1.29 is 0 Å². The summed E-state index contributed by atoms with van der Waals surface area (Å²) >= 11 is 0. The number of nitrogens with one attached hydrogen (secondary N) is 2. The van der Waals surface area contributed by atoms with Crippen molar-refractivity contribution in [2.45, 2.75) is 39.0 Å². The van der Waals surface area contributed by atoms with Crippen LogP contribution in [-0.2, 0) is 0 Å². The van der Waals surface area contributed by atoms with E-state index in [0.29, 0.717) is 0 Å². The highest BCUT2D eigenvalue weighted by molar-refractivity contribution is 4.82. The topological polar surface area (TPSA) is 54.3 Å². The number of rotatable bonds is 4. The lowest BCUT2D eigenvalue weighted by Gasteiger charge is -2.32. The van der Waals surface area contributed by atoms with Gasteiger partial charge in [-0.05, 0) is 84.1 Å². The van der Waals surface area contributed by atoms with E-state index < -0.39 is 0 Å². The molecular formula is C20H39N5. The normalized spacial score (nSPS) is 25.6. The van der Waals surface area contributed by atoms with E-state index in [1.165, 1.54) is 58.3 Å². The molecule has 0 radical (unpaired) electrons. The molecule has 0 spiro atoms.